The predicted octanol–water partition coefficient (Wildman–Crippen LogP) is 2.35. The first kappa shape index (κ1) is 16.7. The second-order valence-corrected chi connectivity index (χ2v) is 5.34. The van der Waals surface area contributed by atoms with E-state index in [0.717, 1.165) is 38.9 Å². The summed E-state index contributed by atoms with van der Waals surface area (Å²) in [6.07, 6.45) is 4.42. The predicted molar refractivity (Wildman–Crippen MR) is 74.5 cm³/mol. The molecule has 0 atom stereocenters. The van der Waals surface area contributed by atoms with Crippen LogP contribution in [0.25, 0.3) is 0 Å². The van der Waals surface area contributed by atoms with E-state index in [4.69, 9.17) is 0 Å². The van der Waals surface area contributed by atoms with Gasteiger partial charge in [0.2, 0.25) is 5.91 Å². The molecule has 3 nitrogen and oxygen atoms in total. The van der Waals surface area contributed by atoms with E-state index in [2.05, 4.69) is 31.4 Å². The third-order valence-electron chi connectivity index (χ3n) is 3.43. The van der Waals surface area contributed by atoms with Gasteiger partial charge in [0.1, 0.15) is 0 Å². The number of hydrogen-bond donors (Lipinski definition) is 2. The maximum atomic E-state index is 12.1. The van der Waals surface area contributed by atoms with Gasteiger partial charge in [0, 0.05) is 18.5 Å². The Bertz CT molecular complexity index is 227. The lowest BCUT2D eigenvalue weighted by atomic mass is 9.64. The molecule has 0 spiro atoms. The largest absolute Gasteiger partial charge is 0.354 e. The summed E-state index contributed by atoms with van der Waals surface area (Å²) in [4.78, 5) is 12.1. The molecule has 1 saturated carbocycles. The van der Waals surface area contributed by atoms with Crippen molar-refractivity contribution < 1.29 is 4.79 Å². The highest BCUT2D eigenvalue weighted by Gasteiger charge is 2.43. The van der Waals surface area contributed by atoms with E-state index in [1.165, 1.54) is 6.42 Å². The molecule has 102 valence electrons. The van der Waals surface area contributed by atoms with Crippen molar-refractivity contribution in [2.45, 2.75) is 46.5 Å². The SMILES string of the molecule is CCNCCNC(=O)C1(CC(C)C)CCC1.Cl. The van der Waals surface area contributed by atoms with Gasteiger partial charge >= 0.3 is 0 Å². The Hall–Kier alpha value is -0.280. The lowest BCUT2D eigenvalue weighted by Crippen LogP contribution is -2.47. The molecule has 0 aromatic heterocycles. The first-order valence-corrected chi connectivity index (χ1v) is 6.60. The highest BCUT2D eigenvalue weighted by Crippen LogP contribution is 2.45. The van der Waals surface area contributed by atoms with Gasteiger partial charge in [-0.05, 0) is 31.7 Å². The highest BCUT2D eigenvalue weighted by molar-refractivity contribution is 5.85. The molecule has 0 radical (unpaired) electrons. The van der Waals surface area contributed by atoms with Gasteiger partial charge < -0.3 is 10.6 Å². The van der Waals surface area contributed by atoms with E-state index in [9.17, 15) is 4.79 Å². The second kappa shape index (κ2) is 7.93. The molecule has 17 heavy (non-hydrogen) atoms. The lowest BCUT2D eigenvalue weighted by Gasteiger charge is -2.41. The normalized spacial score (nSPS) is 17.2. The zero-order valence-corrected chi connectivity index (χ0v) is 12.2. The molecule has 2 N–H and O–H groups in total. The first-order chi connectivity index (χ1) is 7.60. The van der Waals surface area contributed by atoms with Crippen LogP contribution >= 0.6 is 12.4 Å². The van der Waals surface area contributed by atoms with Crippen LogP contribution in [0.2, 0.25) is 0 Å². The number of carbonyl (C=O) groups excluding carboxylic acids is 1. The van der Waals surface area contributed by atoms with Crippen molar-refractivity contribution >= 4 is 18.3 Å². The second-order valence-electron chi connectivity index (χ2n) is 5.34. The summed E-state index contributed by atoms with van der Waals surface area (Å²) in [6.45, 7) is 9.07. The summed E-state index contributed by atoms with van der Waals surface area (Å²) >= 11 is 0. The van der Waals surface area contributed by atoms with Gasteiger partial charge in [-0.2, -0.15) is 0 Å². The number of carbonyl (C=O) groups is 1. The van der Waals surface area contributed by atoms with Crippen molar-refractivity contribution in [3.8, 4) is 0 Å². The Morgan fingerprint density at radius 3 is 2.35 bits per heavy atom. The number of hydrogen-bond acceptors (Lipinski definition) is 2. The first-order valence-electron chi connectivity index (χ1n) is 6.60. The zero-order valence-electron chi connectivity index (χ0n) is 11.3. The van der Waals surface area contributed by atoms with Crippen LogP contribution in [-0.2, 0) is 4.79 Å². The molecule has 0 saturated heterocycles. The molecule has 1 amide bonds. The van der Waals surface area contributed by atoms with Gasteiger partial charge in [0.05, 0.1) is 0 Å². The zero-order chi connectivity index (χ0) is 12.0. The Balaban J connectivity index is 0.00000256. The molecule has 1 aliphatic rings. The summed E-state index contributed by atoms with van der Waals surface area (Å²) in [6, 6.07) is 0. The van der Waals surface area contributed by atoms with Crippen molar-refractivity contribution in [2.24, 2.45) is 11.3 Å². The van der Waals surface area contributed by atoms with Gasteiger partial charge in [0.15, 0.2) is 0 Å². The van der Waals surface area contributed by atoms with E-state index in [0.29, 0.717) is 5.92 Å². The van der Waals surface area contributed by atoms with E-state index in [1.54, 1.807) is 0 Å². The average Bonchev–Trinajstić information content (AvgIpc) is 2.17. The molecule has 4 heteroatoms. The highest BCUT2D eigenvalue weighted by atomic mass is 35.5. The number of likely N-dealkylation sites (N-methyl/N-ethyl adjacent to an activating group) is 1. The average molecular weight is 263 g/mol. The van der Waals surface area contributed by atoms with E-state index >= 15 is 0 Å². The van der Waals surface area contributed by atoms with Gasteiger partial charge in [0.25, 0.3) is 0 Å². The summed E-state index contributed by atoms with van der Waals surface area (Å²) < 4.78 is 0. The minimum atomic E-state index is -0.0274. The van der Waals surface area contributed by atoms with Crippen LogP contribution in [0.4, 0.5) is 0 Å². The van der Waals surface area contributed by atoms with E-state index in [1.807, 2.05) is 0 Å². The molecule has 0 aliphatic heterocycles. The minimum Gasteiger partial charge on any atom is -0.354 e. The lowest BCUT2D eigenvalue weighted by molar-refractivity contribution is -0.137. The van der Waals surface area contributed by atoms with Crippen LogP contribution < -0.4 is 10.6 Å². The molecule has 0 unspecified atom stereocenters. The third kappa shape index (κ3) is 4.84. The van der Waals surface area contributed by atoms with Crippen molar-refractivity contribution in [3.05, 3.63) is 0 Å². The molecule has 1 fully saturated rings. The van der Waals surface area contributed by atoms with Crippen LogP contribution in [-0.4, -0.2) is 25.5 Å². The maximum Gasteiger partial charge on any atom is 0.226 e. The fourth-order valence-corrected chi connectivity index (χ4v) is 2.54. The smallest absolute Gasteiger partial charge is 0.226 e. The molecular weight excluding hydrogens is 236 g/mol. The van der Waals surface area contributed by atoms with Gasteiger partial charge in [-0.3, -0.25) is 4.79 Å². The molecule has 0 aromatic rings. The number of nitrogens with one attached hydrogen (secondary N) is 2. The summed E-state index contributed by atoms with van der Waals surface area (Å²) in [5, 5.41) is 6.28. The van der Waals surface area contributed by atoms with Crippen LogP contribution in [0.3, 0.4) is 0 Å². The van der Waals surface area contributed by atoms with Gasteiger partial charge in [-0.15, -0.1) is 12.4 Å². The monoisotopic (exact) mass is 262 g/mol. The number of rotatable bonds is 7. The van der Waals surface area contributed by atoms with E-state index in [-0.39, 0.29) is 23.7 Å². The standard InChI is InChI=1S/C13H26N2O.ClH/c1-4-14-8-9-15-12(16)13(6-5-7-13)10-11(2)3;/h11,14H,4-10H2,1-3H3,(H,15,16);1H. The Morgan fingerprint density at radius 1 is 1.29 bits per heavy atom. The van der Waals surface area contributed by atoms with Crippen LogP contribution in [0.5, 0.6) is 0 Å². The van der Waals surface area contributed by atoms with Gasteiger partial charge in [-0.25, -0.2) is 0 Å². The molecule has 0 aromatic carbocycles. The maximum absolute atomic E-state index is 12.1. The van der Waals surface area contributed by atoms with Crippen molar-refractivity contribution in [2.75, 3.05) is 19.6 Å². The van der Waals surface area contributed by atoms with Crippen LogP contribution in [0.15, 0.2) is 0 Å². The van der Waals surface area contributed by atoms with Crippen molar-refractivity contribution in [1.82, 2.24) is 10.6 Å². The Morgan fingerprint density at radius 2 is 1.94 bits per heavy atom. The molecule has 0 bridgehead atoms. The van der Waals surface area contributed by atoms with Crippen LogP contribution in [0.1, 0.15) is 46.5 Å². The number of halogens is 1. The summed E-state index contributed by atoms with van der Waals surface area (Å²) in [7, 11) is 0. The quantitative estimate of drug-likeness (QED) is 0.692. The fourth-order valence-electron chi connectivity index (χ4n) is 2.54. The molecular formula is C13H27ClN2O. The van der Waals surface area contributed by atoms with Gasteiger partial charge in [-0.1, -0.05) is 27.2 Å². The van der Waals surface area contributed by atoms with Crippen molar-refractivity contribution in [3.63, 3.8) is 0 Å². The number of amides is 1. The van der Waals surface area contributed by atoms with Crippen LogP contribution in [0, 0.1) is 11.3 Å². The molecule has 0 heterocycles. The summed E-state index contributed by atoms with van der Waals surface area (Å²) in [5.41, 5.74) is -0.0274. The minimum absolute atomic E-state index is 0. The molecule has 1 rings (SSSR count). The molecule has 1 aliphatic carbocycles. The third-order valence-corrected chi connectivity index (χ3v) is 3.43. The fraction of sp³-hybridized carbons (Fsp3) is 0.923. The van der Waals surface area contributed by atoms with Crippen molar-refractivity contribution in [1.29, 1.82) is 0 Å². The van der Waals surface area contributed by atoms with E-state index < -0.39 is 0 Å². The Labute approximate surface area is 112 Å². The topological polar surface area (TPSA) is 41.1 Å². The Kier molecular flexibility index (Phi) is 7.80. The summed E-state index contributed by atoms with van der Waals surface area (Å²) in [5.74, 6) is 0.894.